The van der Waals surface area contributed by atoms with E-state index in [0.717, 1.165) is 38.5 Å². The molecular formula is C30H66LaN3. The van der Waals surface area contributed by atoms with Crippen LogP contribution in [-0.2, 0) is 0 Å². The Morgan fingerprint density at radius 2 is 0.382 bits per heavy atom. The zero-order valence-electron chi connectivity index (χ0n) is 27.2. The second-order valence-corrected chi connectivity index (χ2v) is 13.3. The van der Waals surface area contributed by atoms with Crippen LogP contribution in [0.25, 0.3) is 16.0 Å². The van der Waals surface area contributed by atoms with Gasteiger partial charge >= 0.3 is 35.6 Å². The van der Waals surface area contributed by atoms with Gasteiger partial charge in [0, 0.05) is 0 Å². The molecule has 4 heteroatoms. The van der Waals surface area contributed by atoms with Gasteiger partial charge in [-0.25, -0.2) is 0 Å². The maximum Gasteiger partial charge on any atom is 3.00 e. The first-order valence-electron chi connectivity index (χ1n) is 13.7. The summed E-state index contributed by atoms with van der Waals surface area (Å²) >= 11 is 0. The van der Waals surface area contributed by atoms with Crippen molar-refractivity contribution in [2.45, 2.75) is 196 Å². The first-order valence-corrected chi connectivity index (χ1v) is 13.7. The van der Waals surface area contributed by atoms with Crippen LogP contribution < -0.4 is 0 Å². The average molecular weight is 608 g/mol. The largest absolute Gasteiger partial charge is 3.00 e. The van der Waals surface area contributed by atoms with Crippen molar-refractivity contribution in [3.63, 3.8) is 0 Å². The fourth-order valence-corrected chi connectivity index (χ4v) is 2.93. The van der Waals surface area contributed by atoms with Crippen molar-refractivity contribution in [1.82, 2.24) is 0 Å². The maximum atomic E-state index is 4.78. The Kier molecular flexibility index (Phi) is 21.8. The van der Waals surface area contributed by atoms with Gasteiger partial charge in [-0.1, -0.05) is 163 Å². The van der Waals surface area contributed by atoms with E-state index in [2.05, 4.69) is 125 Å². The zero-order chi connectivity index (χ0) is 27.4. The van der Waals surface area contributed by atoms with Crippen LogP contribution in [0.3, 0.4) is 0 Å². The first kappa shape index (κ1) is 42.2. The van der Waals surface area contributed by atoms with Gasteiger partial charge in [0.15, 0.2) is 0 Å². The molecule has 204 valence electrons. The van der Waals surface area contributed by atoms with Crippen LogP contribution in [-0.4, -0.2) is 33.2 Å². The molecule has 0 saturated carbocycles. The van der Waals surface area contributed by atoms with Crippen LogP contribution in [0.4, 0.5) is 0 Å². The fourth-order valence-electron chi connectivity index (χ4n) is 2.93. The molecular weight excluding hydrogens is 541 g/mol. The Morgan fingerprint density at radius 1 is 0.294 bits per heavy atom. The number of hydrogen-bond acceptors (Lipinski definition) is 0. The summed E-state index contributed by atoms with van der Waals surface area (Å²) in [6.45, 7) is 39.5. The zero-order valence-corrected chi connectivity index (χ0v) is 30.8. The minimum absolute atomic E-state index is 0. The van der Waals surface area contributed by atoms with E-state index in [1.165, 1.54) is 0 Å². The predicted molar refractivity (Wildman–Crippen MR) is 156 cm³/mol. The molecule has 0 atom stereocenters. The Bertz CT molecular complexity index is 378. The number of hydrogen-bond donors (Lipinski definition) is 0. The molecule has 0 aliphatic carbocycles. The molecule has 0 aliphatic rings. The molecule has 0 fully saturated rings. The van der Waals surface area contributed by atoms with E-state index in [9.17, 15) is 0 Å². The summed E-state index contributed by atoms with van der Waals surface area (Å²) in [7, 11) is 0. The summed E-state index contributed by atoms with van der Waals surface area (Å²) in [5.74, 6) is 0. The Morgan fingerprint density at radius 3 is 0.441 bits per heavy atom. The summed E-state index contributed by atoms with van der Waals surface area (Å²) in [6.07, 6.45) is 6.73. The normalized spacial score (nSPS) is 13.2. The van der Waals surface area contributed by atoms with Gasteiger partial charge in [-0.3, -0.25) is 0 Å². The van der Waals surface area contributed by atoms with Gasteiger partial charge in [-0.2, -0.15) is 0 Å². The van der Waals surface area contributed by atoms with Crippen molar-refractivity contribution in [2.24, 2.45) is 0 Å². The number of nitrogens with zero attached hydrogens (tertiary/aromatic N) is 3. The van der Waals surface area contributed by atoms with Crippen molar-refractivity contribution in [3.05, 3.63) is 16.0 Å². The summed E-state index contributed by atoms with van der Waals surface area (Å²) in [5.41, 5.74) is 0.914. The smallest absolute Gasteiger partial charge is 0.652 e. The van der Waals surface area contributed by atoms with Gasteiger partial charge in [0.1, 0.15) is 0 Å². The van der Waals surface area contributed by atoms with Crippen LogP contribution in [0.5, 0.6) is 0 Å². The summed E-state index contributed by atoms with van der Waals surface area (Å²) in [5, 5.41) is 14.3. The third-order valence-corrected chi connectivity index (χ3v) is 7.01. The van der Waals surface area contributed by atoms with Crippen LogP contribution in [0, 0.1) is 35.6 Å². The van der Waals surface area contributed by atoms with Gasteiger partial charge in [-0.05, 0) is 0 Å². The monoisotopic (exact) mass is 607 g/mol. The molecule has 0 unspecified atom stereocenters. The van der Waals surface area contributed by atoms with Gasteiger partial charge in [0.2, 0.25) is 0 Å². The maximum absolute atomic E-state index is 4.78. The van der Waals surface area contributed by atoms with Crippen LogP contribution >= 0.6 is 0 Å². The van der Waals surface area contributed by atoms with Gasteiger partial charge in [0.25, 0.3) is 0 Å². The molecule has 0 saturated heterocycles. The van der Waals surface area contributed by atoms with Crippen LogP contribution in [0.2, 0.25) is 0 Å². The van der Waals surface area contributed by atoms with E-state index in [4.69, 9.17) is 16.0 Å². The third-order valence-electron chi connectivity index (χ3n) is 7.01. The van der Waals surface area contributed by atoms with Crippen molar-refractivity contribution < 1.29 is 35.6 Å². The molecule has 0 radical (unpaired) electrons. The Balaban J connectivity index is -0.000000196. The predicted octanol–water partition coefficient (Wildman–Crippen LogP) is 11.2. The standard InChI is InChI=1S/3C10H22N.La/c3*1-7-9(3,4)11-10(5,6)8-2;/h3*7-8H2,1-6H3;/q3*-1;+3. The summed E-state index contributed by atoms with van der Waals surface area (Å²) < 4.78 is 0. The molecule has 0 aromatic rings. The Labute approximate surface area is 246 Å². The molecule has 0 amide bonds. The molecule has 3 nitrogen and oxygen atoms in total. The number of rotatable bonds is 12. The van der Waals surface area contributed by atoms with Crippen LogP contribution in [0.15, 0.2) is 0 Å². The van der Waals surface area contributed by atoms with Crippen molar-refractivity contribution in [2.75, 3.05) is 0 Å². The van der Waals surface area contributed by atoms with E-state index < -0.39 is 0 Å². The van der Waals surface area contributed by atoms with Gasteiger partial charge in [-0.15, -0.1) is 33.2 Å². The topological polar surface area (TPSA) is 42.3 Å². The van der Waals surface area contributed by atoms with Crippen molar-refractivity contribution >= 4 is 0 Å². The molecule has 0 bridgehead atoms. The van der Waals surface area contributed by atoms with Gasteiger partial charge in [0.05, 0.1) is 0 Å². The van der Waals surface area contributed by atoms with E-state index in [1.54, 1.807) is 0 Å². The first-order chi connectivity index (χ1) is 14.5. The molecule has 0 aliphatic heterocycles. The second kappa shape index (κ2) is 17.6. The average Bonchev–Trinajstić information content (AvgIpc) is 2.67. The van der Waals surface area contributed by atoms with Crippen molar-refractivity contribution in [1.29, 1.82) is 0 Å². The van der Waals surface area contributed by atoms with E-state index in [-0.39, 0.29) is 68.8 Å². The quantitative estimate of drug-likeness (QED) is 0.212. The summed E-state index contributed by atoms with van der Waals surface area (Å²) in [6, 6.07) is 0. The van der Waals surface area contributed by atoms with E-state index >= 15 is 0 Å². The SMILES string of the molecule is CCC(C)(C)[N-]C(C)(C)CC.CCC(C)(C)[N-]C(C)(C)CC.CCC(C)(C)[N-]C(C)(C)CC.[La+3]. The molecule has 0 heterocycles. The van der Waals surface area contributed by atoms with Crippen LogP contribution in [0.1, 0.15) is 163 Å². The minimum atomic E-state index is 0. The molecule has 0 aromatic heterocycles. The third kappa shape index (κ3) is 24.8. The molecule has 0 N–H and O–H groups in total. The molecule has 0 aromatic carbocycles. The van der Waals surface area contributed by atoms with Crippen molar-refractivity contribution in [3.8, 4) is 0 Å². The summed E-state index contributed by atoms with van der Waals surface area (Å²) in [4.78, 5) is 0. The van der Waals surface area contributed by atoms with E-state index in [0.29, 0.717) is 0 Å². The molecule has 0 spiro atoms. The second-order valence-electron chi connectivity index (χ2n) is 13.3. The Hall–Kier alpha value is 1.07. The molecule has 34 heavy (non-hydrogen) atoms. The molecule has 0 rings (SSSR count). The van der Waals surface area contributed by atoms with Gasteiger partial charge < -0.3 is 16.0 Å². The van der Waals surface area contributed by atoms with E-state index in [1.807, 2.05) is 0 Å². The fraction of sp³-hybridized carbons (Fsp3) is 1.00. The minimum Gasteiger partial charge on any atom is -0.652 e.